The van der Waals surface area contributed by atoms with Crippen molar-refractivity contribution in [3.8, 4) is 0 Å². The van der Waals surface area contributed by atoms with Crippen LogP contribution in [0.3, 0.4) is 0 Å². The Balaban J connectivity index is 2.22. The number of hydrogen-bond acceptors (Lipinski definition) is 2. The Hall–Kier alpha value is -1.78. The van der Waals surface area contributed by atoms with E-state index in [4.69, 9.17) is 17.3 Å². The van der Waals surface area contributed by atoms with Crippen molar-refractivity contribution in [1.82, 2.24) is 9.47 Å². The lowest BCUT2D eigenvalue weighted by atomic mass is 10.2. The number of aromatic nitrogens is 1. The smallest absolute Gasteiger partial charge is 0.270 e. The van der Waals surface area contributed by atoms with Crippen molar-refractivity contribution >= 4 is 17.5 Å². The number of nitrogens with two attached hydrogens (primary N) is 1. The molecule has 5 heteroatoms. The topological polar surface area (TPSA) is 51.3 Å². The molecule has 112 valence electrons. The Morgan fingerprint density at radius 2 is 2.05 bits per heavy atom. The third-order valence-electron chi connectivity index (χ3n) is 3.33. The maximum Gasteiger partial charge on any atom is 0.270 e. The van der Waals surface area contributed by atoms with E-state index in [-0.39, 0.29) is 5.91 Å². The molecular formula is C16H20ClN3O. The lowest BCUT2D eigenvalue weighted by Crippen LogP contribution is -2.36. The van der Waals surface area contributed by atoms with E-state index in [1.807, 2.05) is 41.8 Å². The van der Waals surface area contributed by atoms with E-state index in [1.54, 1.807) is 17.2 Å². The van der Waals surface area contributed by atoms with E-state index in [0.717, 1.165) is 5.56 Å². The highest BCUT2D eigenvalue weighted by molar-refractivity contribution is 6.31. The number of aryl methyl sites for hydroxylation is 1. The maximum atomic E-state index is 12.7. The molecule has 4 nitrogen and oxygen atoms in total. The van der Waals surface area contributed by atoms with E-state index >= 15 is 0 Å². The number of hydrogen-bond donors (Lipinski definition) is 1. The molecule has 1 amide bonds. The van der Waals surface area contributed by atoms with E-state index < -0.39 is 0 Å². The van der Waals surface area contributed by atoms with Gasteiger partial charge in [0.1, 0.15) is 5.69 Å². The van der Waals surface area contributed by atoms with Crippen molar-refractivity contribution in [2.75, 3.05) is 13.1 Å². The number of rotatable bonds is 6. The average Bonchev–Trinajstić information content (AvgIpc) is 2.88. The normalized spacial score (nSPS) is 10.6. The summed E-state index contributed by atoms with van der Waals surface area (Å²) in [5.41, 5.74) is 7.33. The maximum absolute atomic E-state index is 12.7. The summed E-state index contributed by atoms with van der Waals surface area (Å²) in [5, 5.41) is 0.576. The molecule has 0 radical (unpaired) electrons. The molecule has 2 aromatic rings. The van der Waals surface area contributed by atoms with Crippen LogP contribution >= 0.6 is 11.6 Å². The molecule has 0 unspecified atom stereocenters. The predicted octanol–water partition coefficient (Wildman–Crippen LogP) is 2.76. The van der Waals surface area contributed by atoms with E-state index in [9.17, 15) is 4.79 Å². The molecule has 0 aliphatic rings. The molecule has 0 saturated heterocycles. The molecule has 0 aliphatic heterocycles. The highest BCUT2D eigenvalue weighted by Gasteiger charge is 2.19. The van der Waals surface area contributed by atoms with Crippen LogP contribution in [0.5, 0.6) is 0 Å². The first kappa shape index (κ1) is 15.6. The zero-order valence-corrected chi connectivity index (χ0v) is 12.9. The van der Waals surface area contributed by atoms with Gasteiger partial charge in [-0.15, -0.1) is 0 Å². The minimum atomic E-state index is -0.0435. The van der Waals surface area contributed by atoms with E-state index in [2.05, 4.69) is 0 Å². The Morgan fingerprint density at radius 3 is 2.67 bits per heavy atom. The fourth-order valence-corrected chi connectivity index (χ4v) is 2.51. The van der Waals surface area contributed by atoms with Gasteiger partial charge in [0, 0.05) is 32.4 Å². The van der Waals surface area contributed by atoms with Crippen LogP contribution in [-0.2, 0) is 13.1 Å². The van der Waals surface area contributed by atoms with Gasteiger partial charge in [0.05, 0.1) is 5.02 Å². The van der Waals surface area contributed by atoms with Gasteiger partial charge in [0.15, 0.2) is 0 Å². The first-order chi connectivity index (χ1) is 10.2. The zero-order valence-electron chi connectivity index (χ0n) is 12.1. The summed E-state index contributed by atoms with van der Waals surface area (Å²) >= 11 is 6.01. The molecule has 0 fully saturated rings. The lowest BCUT2D eigenvalue weighted by Gasteiger charge is -2.22. The van der Waals surface area contributed by atoms with Gasteiger partial charge in [-0.3, -0.25) is 4.79 Å². The van der Waals surface area contributed by atoms with Gasteiger partial charge in [-0.2, -0.15) is 0 Å². The van der Waals surface area contributed by atoms with Gasteiger partial charge < -0.3 is 15.2 Å². The second kappa shape index (κ2) is 7.29. The molecule has 21 heavy (non-hydrogen) atoms. The second-order valence-electron chi connectivity index (χ2n) is 4.83. The summed E-state index contributed by atoms with van der Waals surface area (Å²) in [5.74, 6) is -0.0435. The number of carbonyl (C=O) groups excluding carboxylic acids is 1. The second-order valence-corrected chi connectivity index (χ2v) is 5.27. The minimum Gasteiger partial charge on any atom is -0.342 e. The molecule has 2 N–H and O–H groups in total. The van der Waals surface area contributed by atoms with Gasteiger partial charge in [-0.25, -0.2) is 0 Å². The third-order valence-corrected chi connectivity index (χ3v) is 3.53. The fourth-order valence-electron chi connectivity index (χ4n) is 2.29. The highest BCUT2D eigenvalue weighted by Crippen LogP contribution is 2.17. The van der Waals surface area contributed by atoms with Crippen LogP contribution in [-0.4, -0.2) is 28.5 Å². The van der Waals surface area contributed by atoms with Crippen LogP contribution in [0, 0.1) is 0 Å². The molecular weight excluding hydrogens is 286 g/mol. The molecule has 1 aromatic carbocycles. The fraction of sp³-hybridized carbons (Fsp3) is 0.312. The molecule has 0 atom stereocenters. The largest absolute Gasteiger partial charge is 0.342 e. The Kier molecular flexibility index (Phi) is 5.42. The third kappa shape index (κ3) is 3.86. The standard InChI is InChI=1S/C16H20ClN3O/c1-2-19-12-14(17)10-15(19)16(21)20(9-8-18)11-13-6-4-3-5-7-13/h3-7,10,12H,2,8-9,11,18H2,1H3. The minimum absolute atomic E-state index is 0.0435. The summed E-state index contributed by atoms with van der Waals surface area (Å²) in [6.45, 7) is 4.18. The summed E-state index contributed by atoms with van der Waals surface area (Å²) in [4.78, 5) is 14.5. The van der Waals surface area contributed by atoms with Crippen LogP contribution in [0.1, 0.15) is 23.0 Å². The molecule has 0 bridgehead atoms. The van der Waals surface area contributed by atoms with E-state index in [1.165, 1.54) is 0 Å². The molecule has 2 rings (SSSR count). The van der Waals surface area contributed by atoms with E-state index in [0.29, 0.717) is 36.9 Å². The SMILES string of the molecule is CCn1cc(Cl)cc1C(=O)N(CCN)Cc1ccccc1. The van der Waals surface area contributed by atoms with Gasteiger partial charge in [0.25, 0.3) is 5.91 Å². The quantitative estimate of drug-likeness (QED) is 0.892. The highest BCUT2D eigenvalue weighted by atomic mass is 35.5. The summed E-state index contributed by atoms with van der Waals surface area (Å²) in [6, 6.07) is 11.6. The van der Waals surface area contributed by atoms with Gasteiger partial charge in [-0.1, -0.05) is 41.9 Å². The van der Waals surface area contributed by atoms with Crippen molar-refractivity contribution in [1.29, 1.82) is 0 Å². The lowest BCUT2D eigenvalue weighted by molar-refractivity contribution is 0.0737. The van der Waals surface area contributed by atoms with Crippen LogP contribution in [0.4, 0.5) is 0 Å². The molecule has 0 spiro atoms. The molecule has 1 aromatic heterocycles. The van der Waals surface area contributed by atoms with Crippen molar-refractivity contribution < 1.29 is 4.79 Å². The first-order valence-corrected chi connectivity index (χ1v) is 7.42. The van der Waals surface area contributed by atoms with Crippen LogP contribution in [0.2, 0.25) is 5.02 Å². The zero-order chi connectivity index (χ0) is 15.2. The predicted molar refractivity (Wildman–Crippen MR) is 85.4 cm³/mol. The molecule has 1 heterocycles. The number of nitrogens with zero attached hydrogens (tertiary/aromatic N) is 2. The number of halogens is 1. The van der Waals surface area contributed by atoms with Crippen molar-refractivity contribution in [3.63, 3.8) is 0 Å². The molecule has 0 saturated carbocycles. The van der Waals surface area contributed by atoms with Crippen LogP contribution in [0.15, 0.2) is 42.6 Å². The summed E-state index contributed by atoms with van der Waals surface area (Å²) < 4.78 is 1.86. The number of carbonyl (C=O) groups is 1. The van der Waals surface area contributed by atoms with Crippen molar-refractivity contribution in [2.24, 2.45) is 5.73 Å². The first-order valence-electron chi connectivity index (χ1n) is 7.04. The average molecular weight is 306 g/mol. The van der Waals surface area contributed by atoms with Crippen LogP contribution < -0.4 is 5.73 Å². The van der Waals surface area contributed by atoms with Crippen molar-refractivity contribution in [3.05, 3.63) is 58.9 Å². The van der Waals surface area contributed by atoms with Gasteiger partial charge >= 0.3 is 0 Å². The Labute approximate surface area is 130 Å². The number of benzene rings is 1. The monoisotopic (exact) mass is 305 g/mol. The Bertz CT molecular complexity index is 595. The Morgan fingerprint density at radius 1 is 1.33 bits per heavy atom. The van der Waals surface area contributed by atoms with Crippen molar-refractivity contribution in [2.45, 2.75) is 20.0 Å². The summed E-state index contributed by atoms with van der Waals surface area (Å²) in [7, 11) is 0. The number of amides is 1. The molecule has 0 aliphatic carbocycles. The van der Waals surface area contributed by atoms with Gasteiger partial charge in [0.2, 0.25) is 0 Å². The van der Waals surface area contributed by atoms with Crippen LogP contribution in [0.25, 0.3) is 0 Å². The van der Waals surface area contributed by atoms with Gasteiger partial charge in [-0.05, 0) is 18.6 Å². The summed E-state index contributed by atoms with van der Waals surface area (Å²) in [6.07, 6.45) is 1.78.